The third kappa shape index (κ3) is 4.05. The highest BCUT2D eigenvalue weighted by molar-refractivity contribution is 5.60. The van der Waals surface area contributed by atoms with Crippen molar-refractivity contribution in [3.63, 3.8) is 0 Å². The molecule has 0 N–H and O–H groups in total. The van der Waals surface area contributed by atoms with Crippen LogP contribution in [0.1, 0.15) is 30.3 Å². The van der Waals surface area contributed by atoms with Gasteiger partial charge in [0.05, 0.1) is 27.9 Å². The topological polar surface area (TPSA) is 69.9 Å². The number of rotatable bonds is 7. The molecular formula is C22H25N3O4. The van der Waals surface area contributed by atoms with Gasteiger partial charge in [-0.25, -0.2) is 0 Å². The second-order valence-electron chi connectivity index (χ2n) is 6.98. The zero-order valence-corrected chi connectivity index (χ0v) is 16.9. The van der Waals surface area contributed by atoms with Crippen LogP contribution in [0, 0.1) is 0 Å². The molecule has 1 aliphatic heterocycles. The number of benzene rings is 2. The van der Waals surface area contributed by atoms with E-state index >= 15 is 0 Å². The van der Waals surface area contributed by atoms with Gasteiger partial charge in [-0.05, 0) is 55.3 Å². The van der Waals surface area contributed by atoms with Crippen LogP contribution in [0.4, 0.5) is 0 Å². The van der Waals surface area contributed by atoms with E-state index in [4.69, 9.17) is 18.7 Å². The molecule has 0 bridgehead atoms. The van der Waals surface area contributed by atoms with Crippen molar-refractivity contribution in [2.75, 3.05) is 27.9 Å². The molecule has 1 aromatic heterocycles. The largest absolute Gasteiger partial charge is 0.497 e. The molecule has 2 aromatic carbocycles. The Balaban J connectivity index is 1.49. The van der Waals surface area contributed by atoms with Gasteiger partial charge in [-0.2, -0.15) is 4.98 Å². The fourth-order valence-electron chi connectivity index (χ4n) is 3.80. The number of ether oxygens (including phenoxy) is 3. The van der Waals surface area contributed by atoms with Gasteiger partial charge in [0, 0.05) is 11.6 Å². The second-order valence-corrected chi connectivity index (χ2v) is 6.98. The molecule has 2 heterocycles. The molecule has 1 fully saturated rings. The van der Waals surface area contributed by atoms with Gasteiger partial charge in [0.25, 0.3) is 0 Å². The Kier molecular flexibility index (Phi) is 5.67. The Morgan fingerprint density at radius 3 is 2.52 bits per heavy atom. The molecular weight excluding hydrogens is 370 g/mol. The van der Waals surface area contributed by atoms with Gasteiger partial charge >= 0.3 is 0 Å². The molecule has 7 nitrogen and oxygen atoms in total. The van der Waals surface area contributed by atoms with E-state index in [0.717, 1.165) is 30.7 Å². The Morgan fingerprint density at radius 2 is 1.79 bits per heavy atom. The molecule has 0 radical (unpaired) electrons. The molecule has 4 rings (SSSR count). The van der Waals surface area contributed by atoms with E-state index in [0.29, 0.717) is 35.8 Å². The van der Waals surface area contributed by atoms with Gasteiger partial charge in [0.15, 0.2) is 11.5 Å². The molecule has 1 unspecified atom stereocenters. The number of likely N-dealkylation sites (tertiary alicyclic amines) is 1. The molecule has 3 aromatic rings. The lowest BCUT2D eigenvalue weighted by molar-refractivity contribution is 0.212. The molecule has 0 aliphatic carbocycles. The van der Waals surface area contributed by atoms with Crippen molar-refractivity contribution >= 4 is 0 Å². The first-order valence-corrected chi connectivity index (χ1v) is 9.65. The minimum Gasteiger partial charge on any atom is -0.497 e. The van der Waals surface area contributed by atoms with Crippen molar-refractivity contribution < 1.29 is 18.7 Å². The van der Waals surface area contributed by atoms with E-state index in [1.54, 1.807) is 21.3 Å². The number of methoxy groups -OCH3 is 3. The summed E-state index contributed by atoms with van der Waals surface area (Å²) in [5.41, 5.74) is 2.11. The SMILES string of the molecule is COc1ccc(C2CCCN2Cc2nc(-c3ccc(OC)c(OC)c3)no2)cc1. The smallest absolute Gasteiger partial charge is 0.241 e. The Labute approximate surface area is 170 Å². The van der Waals surface area contributed by atoms with Crippen LogP contribution in [-0.2, 0) is 6.54 Å². The zero-order chi connectivity index (χ0) is 20.2. The number of nitrogens with zero attached hydrogens (tertiary/aromatic N) is 3. The van der Waals surface area contributed by atoms with Gasteiger partial charge in [0.2, 0.25) is 11.7 Å². The summed E-state index contributed by atoms with van der Waals surface area (Å²) in [7, 11) is 4.90. The first-order valence-electron chi connectivity index (χ1n) is 9.65. The maximum Gasteiger partial charge on any atom is 0.241 e. The Bertz CT molecular complexity index is 955. The normalized spacial score (nSPS) is 16.7. The Hall–Kier alpha value is -3.06. The van der Waals surface area contributed by atoms with Crippen molar-refractivity contribution in [1.82, 2.24) is 15.0 Å². The van der Waals surface area contributed by atoms with Crippen LogP contribution in [0.15, 0.2) is 47.0 Å². The first-order chi connectivity index (χ1) is 14.2. The number of hydrogen-bond acceptors (Lipinski definition) is 7. The standard InChI is InChI=1S/C22H25N3O4/c1-26-17-9-6-15(7-10-17)18-5-4-12-25(18)14-21-23-22(24-29-21)16-8-11-19(27-2)20(13-16)28-3/h6-11,13,18H,4-5,12,14H2,1-3H3. The van der Waals surface area contributed by atoms with E-state index in [1.807, 2.05) is 30.3 Å². The third-order valence-electron chi connectivity index (χ3n) is 5.31. The predicted molar refractivity (Wildman–Crippen MR) is 108 cm³/mol. The van der Waals surface area contributed by atoms with Gasteiger partial charge in [0.1, 0.15) is 5.75 Å². The lowest BCUT2D eigenvalue weighted by atomic mass is 10.0. The predicted octanol–water partition coefficient (Wildman–Crippen LogP) is 4.10. The minimum atomic E-state index is 0.345. The lowest BCUT2D eigenvalue weighted by Gasteiger charge is -2.23. The summed E-state index contributed by atoms with van der Waals surface area (Å²) in [5.74, 6) is 3.32. The van der Waals surface area contributed by atoms with Crippen molar-refractivity contribution in [1.29, 1.82) is 0 Å². The van der Waals surface area contributed by atoms with Crippen LogP contribution in [0.25, 0.3) is 11.4 Å². The van der Waals surface area contributed by atoms with Gasteiger partial charge in [-0.1, -0.05) is 17.3 Å². The molecule has 0 saturated carbocycles. The van der Waals surface area contributed by atoms with Crippen molar-refractivity contribution in [2.45, 2.75) is 25.4 Å². The average Bonchev–Trinajstić information content (AvgIpc) is 3.43. The molecule has 7 heteroatoms. The summed E-state index contributed by atoms with van der Waals surface area (Å²) in [4.78, 5) is 6.98. The number of aromatic nitrogens is 2. The highest BCUT2D eigenvalue weighted by Gasteiger charge is 2.27. The third-order valence-corrected chi connectivity index (χ3v) is 5.31. The summed E-state index contributed by atoms with van der Waals surface area (Å²) in [6, 6.07) is 14.2. The molecule has 0 amide bonds. The molecule has 1 aliphatic rings. The first kappa shape index (κ1) is 19.3. The van der Waals surface area contributed by atoms with Crippen LogP contribution >= 0.6 is 0 Å². The van der Waals surface area contributed by atoms with Crippen molar-refractivity contribution in [3.05, 3.63) is 53.9 Å². The monoisotopic (exact) mass is 395 g/mol. The number of hydrogen-bond donors (Lipinski definition) is 0. The molecule has 152 valence electrons. The molecule has 29 heavy (non-hydrogen) atoms. The molecule has 1 saturated heterocycles. The quantitative estimate of drug-likeness (QED) is 0.596. The molecule has 1 atom stereocenters. The fraction of sp³-hybridized carbons (Fsp3) is 0.364. The summed E-state index contributed by atoms with van der Waals surface area (Å²) in [6.07, 6.45) is 2.26. The molecule has 0 spiro atoms. The van der Waals surface area contributed by atoms with Gasteiger partial charge in [-0.3, -0.25) is 4.90 Å². The van der Waals surface area contributed by atoms with Crippen LogP contribution in [0.3, 0.4) is 0 Å². The van der Waals surface area contributed by atoms with Gasteiger partial charge < -0.3 is 18.7 Å². The maximum atomic E-state index is 5.54. The maximum absolute atomic E-state index is 5.54. The lowest BCUT2D eigenvalue weighted by Crippen LogP contribution is -2.22. The van der Waals surface area contributed by atoms with E-state index in [9.17, 15) is 0 Å². The highest BCUT2D eigenvalue weighted by Crippen LogP contribution is 2.34. The zero-order valence-electron chi connectivity index (χ0n) is 16.9. The van der Waals surface area contributed by atoms with E-state index in [-0.39, 0.29) is 0 Å². The van der Waals surface area contributed by atoms with Crippen LogP contribution in [-0.4, -0.2) is 42.9 Å². The highest BCUT2D eigenvalue weighted by atomic mass is 16.5. The van der Waals surface area contributed by atoms with Crippen LogP contribution < -0.4 is 14.2 Å². The van der Waals surface area contributed by atoms with Crippen LogP contribution in [0.5, 0.6) is 17.2 Å². The average molecular weight is 395 g/mol. The van der Waals surface area contributed by atoms with Crippen molar-refractivity contribution in [2.24, 2.45) is 0 Å². The summed E-state index contributed by atoms with van der Waals surface area (Å²) in [5, 5.41) is 4.15. The van der Waals surface area contributed by atoms with Crippen molar-refractivity contribution in [3.8, 4) is 28.6 Å². The minimum absolute atomic E-state index is 0.345. The second kappa shape index (κ2) is 8.53. The van der Waals surface area contributed by atoms with E-state index < -0.39 is 0 Å². The van der Waals surface area contributed by atoms with Gasteiger partial charge in [-0.15, -0.1) is 0 Å². The Morgan fingerprint density at radius 1 is 1.00 bits per heavy atom. The van der Waals surface area contributed by atoms with E-state index in [2.05, 4.69) is 27.2 Å². The van der Waals surface area contributed by atoms with Crippen LogP contribution in [0.2, 0.25) is 0 Å². The summed E-state index contributed by atoms with van der Waals surface area (Å²) in [6.45, 7) is 1.63. The summed E-state index contributed by atoms with van der Waals surface area (Å²) < 4.78 is 21.5. The van der Waals surface area contributed by atoms with E-state index in [1.165, 1.54) is 5.56 Å². The summed E-state index contributed by atoms with van der Waals surface area (Å²) >= 11 is 0. The fourth-order valence-corrected chi connectivity index (χ4v) is 3.80.